The summed E-state index contributed by atoms with van der Waals surface area (Å²) in [7, 11) is 0. The van der Waals surface area contributed by atoms with Crippen LogP contribution in [0, 0.1) is 0 Å². The summed E-state index contributed by atoms with van der Waals surface area (Å²) in [5, 5.41) is 0. The minimum Gasteiger partial charge on any atom is -0.318 e. The van der Waals surface area contributed by atoms with Gasteiger partial charge in [0.15, 0.2) is 5.78 Å². The molecule has 2 nitrogen and oxygen atoms in total. The van der Waals surface area contributed by atoms with Gasteiger partial charge in [-0.1, -0.05) is 82.3 Å². The lowest BCUT2D eigenvalue weighted by Crippen LogP contribution is -2.18. The van der Waals surface area contributed by atoms with Crippen LogP contribution in [-0.2, 0) is 4.79 Å². The summed E-state index contributed by atoms with van der Waals surface area (Å²) in [4.78, 5) is 11.2. The van der Waals surface area contributed by atoms with Gasteiger partial charge in [-0.25, -0.2) is 0 Å². The second kappa shape index (κ2) is 10.8. The van der Waals surface area contributed by atoms with Gasteiger partial charge in [-0.2, -0.15) is 0 Å². The molecule has 2 rings (SSSR count). The first-order valence-electron chi connectivity index (χ1n) is 7.60. The SMILES string of the molecule is CC.CC.CC(=O)C(N)c1ccc(-c2ccccc2)cc1. The Morgan fingerprint density at radius 1 is 0.810 bits per heavy atom. The van der Waals surface area contributed by atoms with Crippen molar-refractivity contribution in [2.75, 3.05) is 0 Å². The molecule has 0 aliphatic heterocycles. The Balaban J connectivity index is 0.000000921. The molecule has 114 valence electrons. The first kappa shape index (κ1) is 19.1. The van der Waals surface area contributed by atoms with Crippen molar-refractivity contribution in [3.8, 4) is 11.1 Å². The summed E-state index contributed by atoms with van der Waals surface area (Å²) >= 11 is 0. The monoisotopic (exact) mass is 285 g/mol. The fourth-order valence-corrected chi connectivity index (χ4v) is 1.75. The van der Waals surface area contributed by atoms with E-state index in [9.17, 15) is 4.79 Å². The van der Waals surface area contributed by atoms with Crippen molar-refractivity contribution in [3.05, 3.63) is 60.2 Å². The van der Waals surface area contributed by atoms with Crippen LogP contribution in [0.4, 0.5) is 0 Å². The van der Waals surface area contributed by atoms with Crippen LogP contribution in [0.1, 0.15) is 46.2 Å². The zero-order chi connectivity index (χ0) is 16.3. The third-order valence-electron chi connectivity index (χ3n) is 2.81. The van der Waals surface area contributed by atoms with Crippen LogP contribution in [0.25, 0.3) is 11.1 Å². The lowest BCUT2D eigenvalue weighted by Gasteiger charge is -2.09. The highest BCUT2D eigenvalue weighted by Gasteiger charge is 2.10. The van der Waals surface area contributed by atoms with Gasteiger partial charge in [0, 0.05) is 0 Å². The number of ketones is 1. The smallest absolute Gasteiger partial charge is 0.150 e. The molecule has 0 aromatic heterocycles. The average Bonchev–Trinajstić information content (AvgIpc) is 2.58. The molecule has 21 heavy (non-hydrogen) atoms. The van der Waals surface area contributed by atoms with E-state index in [2.05, 4.69) is 12.1 Å². The molecule has 1 atom stereocenters. The minimum absolute atomic E-state index is 0.0162. The van der Waals surface area contributed by atoms with Gasteiger partial charge < -0.3 is 5.73 Å². The molecule has 2 N–H and O–H groups in total. The Kier molecular flexibility index (Phi) is 9.82. The van der Waals surface area contributed by atoms with Gasteiger partial charge in [0.1, 0.15) is 0 Å². The molecule has 0 spiro atoms. The first-order valence-corrected chi connectivity index (χ1v) is 7.60. The fraction of sp³-hybridized carbons (Fsp3) is 0.316. The van der Waals surface area contributed by atoms with E-state index >= 15 is 0 Å². The lowest BCUT2D eigenvalue weighted by molar-refractivity contribution is -0.118. The third kappa shape index (κ3) is 5.92. The number of nitrogens with two attached hydrogens (primary N) is 1. The zero-order valence-corrected chi connectivity index (χ0v) is 13.8. The van der Waals surface area contributed by atoms with Gasteiger partial charge in [0.05, 0.1) is 6.04 Å². The van der Waals surface area contributed by atoms with E-state index < -0.39 is 6.04 Å². The molecule has 0 aliphatic rings. The van der Waals surface area contributed by atoms with Gasteiger partial charge in [-0.05, 0) is 23.6 Å². The maximum Gasteiger partial charge on any atom is 0.150 e. The first-order chi connectivity index (χ1) is 10.2. The van der Waals surface area contributed by atoms with Crippen LogP contribution in [-0.4, -0.2) is 5.78 Å². The molecule has 0 fully saturated rings. The molecule has 0 heterocycles. The van der Waals surface area contributed by atoms with Crippen molar-refractivity contribution >= 4 is 5.78 Å². The molecular formula is C19H27NO. The molecule has 0 saturated carbocycles. The van der Waals surface area contributed by atoms with Gasteiger partial charge in [0.2, 0.25) is 0 Å². The zero-order valence-electron chi connectivity index (χ0n) is 13.8. The number of hydrogen-bond donors (Lipinski definition) is 1. The van der Waals surface area contributed by atoms with Crippen LogP contribution in [0.15, 0.2) is 54.6 Å². The Bertz CT molecular complexity index is 503. The number of benzene rings is 2. The summed E-state index contributed by atoms with van der Waals surface area (Å²) in [5.74, 6) is -0.0162. The van der Waals surface area contributed by atoms with Crippen molar-refractivity contribution in [2.45, 2.75) is 40.7 Å². The van der Waals surface area contributed by atoms with Crippen LogP contribution in [0.3, 0.4) is 0 Å². The lowest BCUT2D eigenvalue weighted by atomic mass is 10.00. The van der Waals surface area contributed by atoms with Crippen LogP contribution >= 0.6 is 0 Å². The van der Waals surface area contributed by atoms with Crippen molar-refractivity contribution in [3.63, 3.8) is 0 Å². The summed E-state index contributed by atoms with van der Waals surface area (Å²) in [5.41, 5.74) is 8.93. The quantitative estimate of drug-likeness (QED) is 0.862. The van der Waals surface area contributed by atoms with Crippen LogP contribution < -0.4 is 5.73 Å². The maximum absolute atomic E-state index is 11.2. The van der Waals surface area contributed by atoms with E-state index in [1.54, 1.807) is 0 Å². The van der Waals surface area contributed by atoms with Gasteiger partial charge in [-0.15, -0.1) is 0 Å². The highest BCUT2D eigenvalue weighted by Crippen LogP contribution is 2.21. The number of carbonyl (C=O) groups is 1. The molecule has 2 aromatic rings. The molecule has 1 unspecified atom stereocenters. The topological polar surface area (TPSA) is 43.1 Å². The predicted molar refractivity (Wildman–Crippen MR) is 92.2 cm³/mol. The van der Waals surface area contributed by atoms with E-state index in [-0.39, 0.29) is 5.78 Å². The van der Waals surface area contributed by atoms with Crippen molar-refractivity contribution in [1.29, 1.82) is 0 Å². The van der Waals surface area contributed by atoms with Crippen LogP contribution in [0.5, 0.6) is 0 Å². The summed E-state index contributed by atoms with van der Waals surface area (Å²) in [6.07, 6.45) is 0. The van der Waals surface area contributed by atoms with E-state index in [4.69, 9.17) is 5.73 Å². The fourth-order valence-electron chi connectivity index (χ4n) is 1.75. The number of hydrogen-bond acceptors (Lipinski definition) is 2. The van der Waals surface area contributed by atoms with Crippen molar-refractivity contribution in [1.82, 2.24) is 0 Å². The molecule has 0 saturated heterocycles. The minimum atomic E-state index is -0.514. The molecule has 0 bridgehead atoms. The summed E-state index contributed by atoms with van der Waals surface area (Å²) in [6.45, 7) is 9.51. The number of Topliss-reactive ketones (excluding diaryl/α,β-unsaturated/α-hetero) is 1. The van der Waals surface area contributed by atoms with Crippen LogP contribution in [0.2, 0.25) is 0 Å². The molecule has 2 aromatic carbocycles. The molecule has 2 heteroatoms. The second-order valence-corrected chi connectivity index (χ2v) is 4.08. The van der Waals surface area contributed by atoms with E-state index in [1.165, 1.54) is 6.92 Å². The Hall–Kier alpha value is -1.93. The predicted octanol–water partition coefficient (Wildman–Crippen LogP) is 4.99. The van der Waals surface area contributed by atoms with E-state index in [0.717, 1.165) is 16.7 Å². The standard InChI is InChI=1S/C15H15NO.2C2H6/c1-11(17)15(16)14-9-7-13(8-10-14)12-5-3-2-4-6-12;2*1-2/h2-10,15H,16H2,1H3;2*1-2H3. The average molecular weight is 285 g/mol. The second-order valence-electron chi connectivity index (χ2n) is 4.08. The van der Waals surface area contributed by atoms with E-state index in [1.807, 2.05) is 70.2 Å². The Morgan fingerprint density at radius 3 is 1.67 bits per heavy atom. The highest BCUT2D eigenvalue weighted by molar-refractivity contribution is 5.82. The van der Waals surface area contributed by atoms with Gasteiger partial charge in [-0.3, -0.25) is 4.79 Å². The number of rotatable bonds is 3. The van der Waals surface area contributed by atoms with Gasteiger partial charge in [0.25, 0.3) is 0 Å². The highest BCUT2D eigenvalue weighted by atomic mass is 16.1. The largest absolute Gasteiger partial charge is 0.318 e. The molecule has 0 amide bonds. The third-order valence-corrected chi connectivity index (χ3v) is 2.81. The summed E-state index contributed by atoms with van der Waals surface area (Å²) < 4.78 is 0. The number of carbonyl (C=O) groups excluding carboxylic acids is 1. The van der Waals surface area contributed by atoms with Gasteiger partial charge >= 0.3 is 0 Å². The molecule has 0 aliphatic carbocycles. The van der Waals surface area contributed by atoms with E-state index in [0.29, 0.717) is 0 Å². The maximum atomic E-state index is 11.2. The van der Waals surface area contributed by atoms with Crippen molar-refractivity contribution < 1.29 is 4.79 Å². The Labute approximate surface area is 129 Å². The van der Waals surface area contributed by atoms with Crippen molar-refractivity contribution in [2.24, 2.45) is 5.73 Å². The molecule has 0 radical (unpaired) electrons. The summed E-state index contributed by atoms with van der Waals surface area (Å²) in [6, 6.07) is 17.4. The Morgan fingerprint density at radius 2 is 1.24 bits per heavy atom. The normalized spacial score (nSPS) is 10.4. The molecular weight excluding hydrogens is 258 g/mol.